The third-order valence-corrected chi connectivity index (χ3v) is 2.89. The van der Waals surface area contributed by atoms with Crippen LogP contribution in [0.2, 0.25) is 0 Å². The highest BCUT2D eigenvalue weighted by molar-refractivity contribution is 5.69. The van der Waals surface area contributed by atoms with Crippen molar-refractivity contribution in [3.05, 3.63) is 0 Å². The molecule has 0 fully saturated rings. The van der Waals surface area contributed by atoms with Gasteiger partial charge in [0, 0.05) is 6.61 Å². The molecule has 0 aliphatic heterocycles. The molecule has 0 atom stereocenters. The number of hydrogen-bond acceptors (Lipinski definition) is 8. The molecule has 0 aromatic carbocycles. The van der Waals surface area contributed by atoms with Gasteiger partial charge in [-0.2, -0.15) is 0 Å². The average Bonchev–Trinajstić information content (AvgIpc) is 2.63. The number of ether oxygens (including phenoxy) is 7. The van der Waals surface area contributed by atoms with Gasteiger partial charge >= 0.3 is 5.97 Å². The first kappa shape index (κ1) is 24.2. The lowest BCUT2D eigenvalue weighted by Gasteiger charge is -2.08. The molecule has 0 spiro atoms. The summed E-state index contributed by atoms with van der Waals surface area (Å²) >= 11 is 0. The molecule has 150 valence electrons. The summed E-state index contributed by atoms with van der Waals surface area (Å²) in [6.45, 7) is 8.55. The quantitative estimate of drug-likeness (QED) is 0.234. The molecule has 25 heavy (non-hydrogen) atoms. The summed E-state index contributed by atoms with van der Waals surface area (Å²) in [5.41, 5.74) is 0. The third kappa shape index (κ3) is 21.2. The van der Waals surface area contributed by atoms with Gasteiger partial charge in [0.1, 0.15) is 0 Å². The highest BCUT2D eigenvalue weighted by atomic mass is 16.6. The van der Waals surface area contributed by atoms with E-state index in [-0.39, 0.29) is 12.4 Å². The number of carbonyl (C=O) groups is 1. The van der Waals surface area contributed by atoms with E-state index in [1.54, 1.807) is 0 Å². The second kappa shape index (κ2) is 21.3. The van der Waals surface area contributed by atoms with Gasteiger partial charge < -0.3 is 33.2 Å². The fourth-order valence-electron chi connectivity index (χ4n) is 1.60. The summed E-state index contributed by atoms with van der Waals surface area (Å²) < 4.78 is 36.4. The lowest BCUT2D eigenvalue weighted by molar-refractivity contribution is -0.141. The Labute approximate surface area is 151 Å². The molecule has 0 N–H and O–H groups in total. The summed E-state index contributed by atoms with van der Waals surface area (Å²) in [6.07, 6.45) is 1.29. The highest BCUT2D eigenvalue weighted by Gasteiger charge is 1.99. The van der Waals surface area contributed by atoms with Gasteiger partial charge in [0.2, 0.25) is 0 Å². The molecule has 0 aliphatic carbocycles. The van der Waals surface area contributed by atoms with E-state index in [0.717, 1.165) is 13.0 Å². The van der Waals surface area contributed by atoms with Gasteiger partial charge in [-0.25, -0.2) is 0 Å². The Morgan fingerprint density at radius 1 is 0.560 bits per heavy atom. The highest BCUT2D eigenvalue weighted by Crippen LogP contribution is 1.88. The predicted octanol–water partition coefficient (Wildman–Crippen LogP) is 1.06. The Morgan fingerprint density at radius 2 is 0.880 bits per heavy atom. The Hall–Kier alpha value is -0.770. The van der Waals surface area contributed by atoms with Crippen LogP contribution >= 0.6 is 0 Å². The monoisotopic (exact) mass is 366 g/mol. The minimum Gasteiger partial charge on any atom is -0.469 e. The van der Waals surface area contributed by atoms with Crippen molar-refractivity contribution in [3.8, 4) is 0 Å². The topological polar surface area (TPSA) is 81.7 Å². The van der Waals surface area contributed by atoms with Gasteiger partial charge in [-0.3, -0.25) is 4.79 Å². The standard InChI is InChI=1S/C17H34O8/c1-3-5-20-7-9-22-11-13-24-15-16-25-14-12-23-10-8-21-6-4-17(18)19-2/h3-16H2,1-2H3. The average molecular weight is 366 g/mol. The van der Waals surface area contributed by atoms with E-state index in [2.05, 4.69) is 11.7 Å². The number of esters is 1. The van der Waals surface area contributed by atoms with Gasteiger partial charge in [-0.1, -0.05) is 6.92 Å². The second-order valence-corrected chi connectivity index (χ2v) is 5.00. The summed E-state index contributed by atoms with van der Waals surface area (Å²) in [5.74, 6) is -0.274. The van der Waals surface area contributed by atoms with E-state index in [1.807, 2.05) is 0 Å². The Kier molecular flexibility index (Phi) is 20.6. The normalized spacial score (nSPS) is 11.0. The minimum absolute atomic E-state index is 0.261. The van der Waals surface area contributed by atoms with Crippen LogP contribution in [0, 0.1) is 0 Å². The molecule has 0 radical (unpaired) electrons. The SMILES string of the molecule is CCCOCCOCCOCCOCCOCCOCCC(=O)OC. The molecule has 0 aromatic heterocycles. The van der Waals surface area contributed by atoms with Crippen LogP contribution < -0.4 is 0 Å². The van der Waals surface area contributed by atoms with E-state index in [9.17, 15) is 4.79 Å². The summed E-state index contributed by atoms with van der Waals surface area (Å²) in [7, 11) is 1.36. The number of carbonyl (C=O) groups excluding carboxylic acids is 1. The molecule has 0 aliphatic rings. The lowest BCUT2D eigenvalue weighted by atomic mass is 10.5. The first-order chi connectivity index (χ1) is 12.3. The van der Waals surface area contributed by atoms with Crippen LogP contribution in [0.3, 0.4) is 0 Å². The number of hydrogen-bond donors (Lipinski definition) is 0. The van der Waals surface area contributed by atoms with Crippen LogP contribution in [0.5, 0.6) is 0 Å². The van der Waals surface area contributed by atoms with Crippen molar-refractivity contribution in [2.45, 2.75) is 19.8 Å². The second-order valence-electron chi connectivity index (χ2n) is 5.00. The van der Waals surface area contributed by atoms with Crippen molar-refractivity contribution in [2.75, 3.05) is 86.4 Å². The zero-order chi connectivity index (χ0) is 18.4. The van der Waals surface area contributed by atoms with Crippen LogP contribution in [0.4, 0.5) is 0 Å². The van der Waals surface area contributed by atoms with Gasteiger partial charge in [0.15, 0.2) is 0 Å². The van der Waals surface area contributed by atoms with Crippen molar-refractivity contribution >= 4 is 5.97 Å². The van der Waals surface area contributed by atoms with Gasteiger partial charge in [0.25, 0.3) is 0 Å². The molecule has 0 heterocycles. The fraction of sp³-hybridized carbons (Fsp3) is 0.941. The molecule has 0 bridgehead atoms. The maximum absolute atomic E-state index is 10.8. The predicted molar refractivity (Wildman–Crippen MR) is 91.8 cm³/mol. The van der Waals surface area contributed by atoms with Crippen LogP contribution in [0.1, 0.15) is 19.8 Å². The Balaban J connectivity index is 2.99. The van der Waals surface area contributed by atoms with Crippen molar-refractivity contribution in [1.82, 2.24) is 0 Å². The summed E-state index contributed by atoms with van der Waals surface area (Å²) in [4.78, 5) is 10.8. The van der Waals surface area contributed by atoms with Crippen molar-refractivity contribution < 1.29 is 38.0 Å². The zero-order valence-corrected chi connectivity index (χ0v) is 15.7. The molecule has 0 rings (SSSR count). The van der Waals surface area contributed by atoms with Crippen molar-refractivity contribution in [3.63, 3.8) is 0 Å². The first-order valence-electron chi connectivity index (χ1n) is 8.84. The molecule has 0 saturated heterocycles. The smallest absolute Gasteiger partial charge is 0.307 e. The Morgan fingerprint density at radius 3 is 1.20 bits per heavy atom. The molecule has 0 unspecified atom stereocenters. The van der Waals surface area contributed by atoms with E-state index in [0.29, 0.717) is 72.7 Å². The third-order valence-electron chi connectivity index (χ3n) is 2.89. The molecular weight excluding hydrogens is 332 g/mol. The largest absolute Gasteiger partial charge is 0.469 e. The maximum atomic E-state index is 10.8. The van der Waals surface area contributed by atoms with Crippen LogP contribution in [0.15, 0.2) is 0 Å². The molecule has 8 nitrogen and oxygen atoms in total. The first-order valence-corrected chi connectivity index (χ1v) is 8.84. The van der Waals surface area contributed by atoms with E-state index < -0.39 is 0 Å². The van der Waals surface area contributed by atoms with E-state index in [1.165, 1.54) is 7.11 Å². The Bertz CT molecular complexity index is 275. The lowest BCUT2D eigenvalue weighted by Crippen LogP contribution is -2.14. The summed E-state index contributed by atoms with van der Waals surface area (Å²) in [6, 6.07) is 0. The molecule has 0 aromatic rings. The fourth-order valence-corrected chi connectivity index (χ4v) is 1.60. The molecule has 0 saturated carbocycles. The van der Waals surface area contributed by atoms with E-state index >= 15 is 0 Å². The molecular formula is C17H34O8. The van der Waals surface area contributed by atoms with Gasteiger partial charge in [-0.15, -0.1) is 0 Å². The van der Waals surface area contributed by atoms with Gasteiger partial charge in [-0.05, 0) is 6.42 Å². The molecule has 8 heteroatoms. The maximum Gasteiger partial charge on any atom is 0.307 e. The van der Waals surface area contributed by atoms with Crippen molar-refractivity contribution in [1.29, 1.82) is 0 Å². The molecule has 0 amide bonds. The zero-order valence-electron chi connectivity index (χ0n) is 15.7. The van der Waals surface area contributed by atoms with Crippen LogP contribution in [-0.2, 0) is 38.0 Å². The van der Waals surface area contributed by atoms with Gasteiger partial charge in [0.05, 0.1) is 86.2 Å². The van der Waals surface area contributed by atoms with E-state index in [4.69, 9.17) is 28.4 Å². The van der Waals surface area contributed by atoms with Crippen molar-refractivity contribution in [2.24, 2.45) is 0 Å². The van der Waals surface area contributed by atoms with Crippen LogP contribution in [0.25, 0.3) is 0 Å². The number of rotatable bonds is 20. The summed E-state index contributed by atoms with van der Waals surface area (Å²) in [5, 5.41) is 0. The number of methoxy groups -OCH3 is 1. The van der Waals surface area contributed by atoms with Crippen LogP contribution in [-0.4, -0.2) is 92.4 Å². The minimum atomic E-state index is -0.274.